The molecule has 7 heteroatoms. The molecule has 0 spiro atoms. The van der Waals surface area contributed by atoms with Gasteiger partial charge in [0.05, 0.1) is 11.6 Å². The van der Waals surface area contributed by atoms with Crippen molar-refractivity contribution in [3.05, 3.63) is 60.4 Å². The van der Waals surface area contributed by atoms with Gasteiger partial charge in [0.15, 0.2) is 0 Å². The molecule has 1 aromatic heterocycles. The lowest BCUT2D eigenvalue weighted by molar-refractivity contribution is 0.00873. The number of nitrogens with zero attached hydrogens (tertiary/aromatic N) is 2. The van der Waals surface area contributed by atoms with Gasteiger partial charge in [0.2, 0.25) is 0 Å². The van der Waals surface area contributed by atoms with Gasteiger partial charge in [0, 0.05) is 36.4 Å². The second-order valence-corrected chi connectivity index (χ2v) is 7.17. The standard InChI is InChI=1S/C22H24N4O3/c27-20(15-8-10-29-11-9-15)13-23-22(28)16-4-3-5-17(12-16)26-21-18-6-1-2-7-19(18)24-14-25-21/h1-7,12,14-15,20,27H,8-11,13H2,(H,23,28)(H,24,25,26). The van der Waals surface area contributed by atoms with Crippen LogP contribution in [0.5, 0.6) is 0 Å². The van der Waals surface area contributed by atoms with Gasteiger partial charge in [-0.25, -0.2) is 9.97 Å². The molecule has 0 bridgehead atoms. The summed E-state index contributed by atoms with van der Waals surface area (Å²) in [4.78, 5) is 21.1. The van der Waals surface area contributed by atoms with Crippen molar-refractivity contribution in [3.63, 3.8) is 0 Å². The van der Waals surface area contributed by atoms with Crippen LogP contribution in [0, 0.1) is 5.92 Å². The summed E-state index contributed by atoms with van der Waals surface area (Å²) in [5.41, 5.74) is 2.13. The third-order valence-electron chi connectivity index (χ3n) is 5.21. The van der Waals surface area contributed by atoms with Gasteiger partial charge in [0.25, 0.3) is 5.91 Å². The number of carbonyl (C=O) groups is 1. The molecule has 1 atom stereocenters. The van der Waals surface area contributed by atoms with E-state index in [4.69, 9.17) is 4.74 Å². The second-order valence-electron chi connectivity index (χ2n) is 7.17. The van der Waals surface area contributed by atoms with Crippen LogP contribution in [0.1, 0.15) is 23.2 Å². The quantitative estimate of drug-likeness (QED) is 0.597. The lowest BCUT2D eigenvalue weighted by atomic mass is 9.94. The Labute approximate surface area is 169 Å². The summed E-state index contributed by atoms with van der Waals surface area (Å²) in [5, 5.41) is 17.3. The van der Waals surface area contributed by atoms with Gasteiger partial charge < -0.3 is 20.5 Å². The number of rotatable bonds is 6. The number of hydrogen-bond acceptors (Lipinski definition) is 6. The smallest absolute Gasteiger partial charge is 0.251 e. The molecule has 1 saturated heterocycles. The highest BCUT2D eigenvalue weighted by atomic mass is 16.5. The van der Waals surface area contributed by atoms with Crippen LogP contribution >= 0.6 is 0 Å². The average molecular weight is 392 g/mol. The molecule has 7 nitrogen and oxygen atoms in total. The highest BCUT2D eigenvalue weighted by molar-refractivity contribution is 5.96. The number of amides is 1. The Kier molecular flexibility index (Phi) is 5.97. The number of fused-ring (bicyclic) bond motifs is 1. The molecule has 1 fully saturated rings. The monoisotopic (exact) mass is 392 g/mol. The van der Waals surface area contributed by atoms with Crippen molar-refractivity contribution in [1.82, 2.24) is 15.3 Å². The summed E-state index contributed by atoms with van der Waals surface area (Å²) >= 11 is 0. The SMILES string of the molecule is O=C(NCC(O)C1CCOCC1)c1cccc(Nc2ncnc3ccccc23)c1. The van der Waals surface area contributed by atoms with Gasteiger partial charge in [-0.2, -0.15) is 0 Å². The molecule has 3 aromatic rings. The van der Waals surface area contributed by atoms with Crippen LogP contribution in [-0.2, 0) is 4.74 Å². The summed E-state index contributed by atoms with van der Waals surface area (Å²) in [6.45, 7) is 1.57. The van der Waals surface area contributed by atoms with Gasteiger partial charge in [-0.05, 0) is 49.1 Å². The van der Waals surface area contributed by atoms with Crippen molar-refractivity contribution in [2.45, 2.75) is 18.9 Å². The number of carbonyl (C=O) groups excluding carboxylic acids is 1. The molecule has 0 saturated carbocycles. The van der Waals surface area contributed by atoms with Crippen molar-refractivity contribution in [2.75, 3.05) is 25.1 Å². The van der Waals surface area contributed by atoms with Crippen LogP contribution in [0.15, 0.2) is 54.9 Å². The summed E-state index contributed by atoms with van der Waals surface area (Å²) in [6, 6.07) is 15.0. The fourth-order valence-corrected chi connectivity index (χ4v) is 3.55. The molecule has 1 unspecified atom stereocenters. The number of anilines is 2. The van der Waals surface area contributed by atoms with Gasteiger partial charge in [-0.3, -0.25) is 4.79 Å². The van der Waals surface area contributed by atoms with Crippen molar-refractivity contribution in [2.24, 2.45) is 5.92 Å². The van der Waals surface area contributed by atoms with Crippen LogP contribution in [0.25, 0.3) is 10.9 Å². The van der Waals surface area contributed by atoms with Crippen LogP contribution in [0.2, 0.25) is 0 Å². The molecule has 29 heavy (non-hydrogen) atoms. The third kappa shape index (κ3) is 4.70. The maximum Gasteiger partial charge on any atom is 0.251 e. The molecule has 3 N–H and O–H groups in total. The maximum atomic E-state index is 12.5. The maximum absolute atomic E-state index is 12.5. The predicted molar refractivity (Wildman–Crippen MR) is 111 cm³/mol. The Morgan fingerprint density at radius 3 is 2.83 bits per heavy atom. The topological polar surface area (TPSA) is 96.4 Å². The van der Waals surface area contributed by atoms with E-state index in [1.807, 2.05) is 36.4 Å². The number of ether oxygens (including phenoxy) is 1. The van der Waals surface area contributed by atoms with Crippen molar-refractivity contribution >= 4 is 28.3 Å². The van der Waals surface area contributed by atoms with Crippen LogP contribution in [0.4, 0.5) is 11.5 Å². The lowest BCUT2D eigenvalue weighted by Crippen LogP contribution is -2.38. The zero-order valence-electron chi connectivity index (χ0n) is 16.0. The number of hydrogen-bond donors (Lipinski definition) is 3. The predicted octanol–water partition coefficient (Wildman–Crippen LogP) is 2.89. The zero-order valence-corrected chi connectivity index (χ0v) is 16.0. The highest BCUT2D eigenvalue weighted by Crippen LogP contribution is 2.23. The number of nitrogens with one attached hydrogen (secondary N) is 2. The Bertz CT molecular complexity index is 983. The van der Waals surface area contributed by atoms with Crippen molar-refractivity contribution < 1.29 is 14.6 Å². The summed E-state index contributed by atoms with van der Waals surface area (Å²) in [6.07, 6.45) is 2.60. The number of benzene rings is 2. The normalized spacial score (nSPS) is 15.8. The van der Waals surface area contributed by atoms with Gasteiger partial charge in [-0.15, -0.1) is 0 Å². The molecular formula is C22H24N4O3. The minimum atomic E-state index is -0.559. The molecule has 4 rings (SSSR count). The first-order valence-electron chi connectivity index (χ1n) is 9.81. The Balaban J connectivity index is 1.42. The van der Waals surface area contributed by atoms with Gasteiger partial charge >= 0.3 is 0 Å². The second kappa shape index (κ2) is 8.98. The zero-order chi connectivity index (χ0) is 20.1. The number of aromatic nitrogens is 2. The summed E-state index contributed by atoms with van der Waals surface area (Å²) in [7, 11) is 0. The van der Waals surface area contributed by atoms with E-state index >= 15 is 0 Å². The molecule has 2 heterocycles. The first-order valence-corrected chi connectivity index (χ1v) is 9.81. The number of para-hydroxylation sites is 1. The van der Waals surface area contributed by atoms with Crippen LogP contribution in [0.3, 0.4) is 0 Å². The number of aliphatic hydroxyl groups excluding tert-OH is 1. The minimum absolute atomic E-state index is 0.170. The van der Waals surface area contributed by atoms with E-state index in [1.165, 1.54) is 6.33 Å². The highest BCUT2D eigenvalue weighted by Gasteiger charge is 2.22. The van der Waals surface area contributed by atoms with E-state index in [0.717, 1.165) is 29.4 Å². The molecule has 0 aliphatic carbocycles. The first-order chi connectivity index (χ1) is 14.2. The number of aliphatic hydroxyl groups is 1. The van der Waals surface area contributed by atoms with Crippen LogP contribution < -0.4 is 10.6 Å². The summed E-state index contributed by atoms with van der Waals surface area (Å²) < 4.78 is 5.32. The fourth-order valence-electron chi connectivity index (χ4n) is 3.55. The molecule has 1 aliphatic heterocycles. The molecule has 150 valence electrons. The Morgan fingerprint density at radius 1 is 1.14 bits per heavy atom. The largest absolute Gasteiger partial charge is 0.391 e. The third-order valence-corrected chi connectivity index (χ3v) is 5.21. The summed E-state index contributed by atoms with van der Waals surface area (Å²) in [5.74, 6) is 0.637. The Morgan fingerprint density at radius 2 is 1.97 bits per heavy atom. The molecular weight excluding hydrogens is 368 g/mol. The molecule has 1 aliphatic rings. The van der Waals surface area contributed by atoms with Gasteiger partial charge in [-0.1, -0.05) is 18.2 Å². The average Bonchev–Trinajstić information content (AvgIpc) is 2.78. The van der Waals surface area contributed by atoms with Crippen molar-refractivity contribution in [3.8, 4) is 0 Å². The minimum Gasteiger partial charge on any atom is -0.391 e. The van der Waals surface area contributed by atoms with E-state index in [-0.39, 0.29) is 18.4 Å². The van der Waals surface area contributed by atoms with Gasteiger partial charge in [0.1, 0.15) is 12.1 Å². The van der Waals surface area contributed by atoms with E-state index in [0.29, 0.717) is 24.6 Å². The molecule has 2 aromatic carbocycles. The lowest BCUT2D eigenvalue weighted by Gasteiger charge is -2.26. The Hall–Kier alpha value is -3.03. The first kappa shape index (κ1) is 19.3. The van der Waals surface area contributed by atoms with E-state index in [1.54, 1.807) is 12.1 Å². The van der Waals surface area contributed by atoms with E-state index in [9.17, 15) is 9.90 Å². The van der Waals surface area contributed by atoms with Crippen molar-refractivity contribution in [1.29, 1.82) is 0 Å². The fraction of sp³-hybridized carbons (Fsp3) is 0.318. The van der Waals surface area contributed by atoms with E-state index in [2.05, 4.69) is 20.6 Å². The molecule has 0 radical (unpaired) electrons. The van der Waals surface area contributed by atoms with E-state index < -0.39 is 6.10 Å². The molecule has 1 amide bonds. The van der Waals surface area contributed by atoms with Crippen LogP contribution in [-0.4, -0.2) is 46.8 Å².